The Morgan fingerprint density at radius 2 is 1.84 bits per heavy atom. The lowest BCUT2D eigenvalue weighted by atomic mass is 10.0. The molecule has 2 rings (SSSR count). The molecule has 0 bridgehead atoms. The van der Waals surface area contributed by atoms with E-state index < -0.39 is 17.9 Å². The number of halogens is 2. The number of nitrogens with one attached hydrogen (secondary N) is 1. The van der Waals surface area contributed by atoms with Gasteiger partial charge in [-0.05, 0) is 48.4 Å². The van der Waals surface area contributed by atoms with Gasteiger partial charge in [-0.15, -0.1) is 0 Å². The second kappa shape index (κ2) is 8.74. The zero-order chi connectivity index (χ0) is 18.4. The fourth-order valence-electron chi connectivity index (χ4n) is 2.21. The average Bonchev–Trinajstić information content (AvgIpc) is 2.55. The summed E-state index contributed by atoms with van der Waals surface area (Å²) in [5.74, 6) is -1.22. The van der Waals surface area contributed by atoms with Gasteiger partial charge in [-0.2, -0.15) is 0 Å². The van der Waals surface area contributed by atoms with Crippen LogP contribution in [0, 0.1) is 6.92 Å². The first-order chi connectivity index (χ1) is 11.8. The number of carboxylic acid groups (broad SMARTS) is 1. The Hall–Kier alpha value is -2.24. The Bertz CT molecular complexity index is 762. The highest BCUT2D eigenvalue weighted by Gasteiger charge is 2.15. The lowest BCUT2D eigenvalue weighted by Gasteiger charge is -2.20. The molecule has 2 aromatic carbocycles. The third-order valence-corrected chi connectivity index (χ3v) is 4.15. The van der Waals surface area contributed by atoms with E-state index in [1.54, 1.807) is 42.5 Å². The van der Waals surface area contributed by atoms with Crippen molar-refractivity contribution in [3.8, 4) is 5.75 Å². The minimum Gasteiger partial charge on any atom is -0.550 e. The van der Waals surface area contributed by atoms with Gasteiger partial charge in [0.2, 0.25) is 0 Å². The summed E-state index contributed by atoms with van der Waals surface area (Å²) < 4.78 is 5.41. The Morgan fingerprint density at radius 1 is 1.16 bits per heavy atom. The maximum Gasteiger partial charge on any atom is 0.258 e. The fourth-order valence-corrected chi connectivity index (χ4v) is 2.45. The molecule has 2 aromatic rings. The topological polar surface area (TPSA) is 78.5 Å². The van der Waals surface area contributed by atoms with Gasteiger partial charge in [0.15, 0.2) is 6.61 Å². The fraction of sp³-hybridized carbons (Fsp3) is 0.222. The summed E-state index contributed by atoms with van der Waals surface area (Å²) in [6.07, 6.45) is -0.354. The summed E-state index contributed by atoms with van der Waals surface area (Å²) in [4.78, 5) is 23.0. The molecule has 0 aliphatic carbocycles. The van der Waals surface area contributed by atoms with E-state index in [1.165, 1.54) is 0 Å². The summed E-state index contributed by atoms with van der Waals surface area (Å²) in [7, 11) is 0. The van der Waals surface area contributed by atoms with Crippen LogP contribution in [0.3, 0.4) is 0 Å². The van der Waals surface area contributed by atoms with Crippen LogP contribution in [-0.2, 0) is 9.59 Å². The van der Waals surface area contributed by atoms with Gasteiger partial charge in [-0.1, -0.05) is 35.3 Å². The van der Waals surface area contributed by atoms with Crippen LogP contribution < -0.4 is 15.2 Å². The number of amides is 1. The van der Waals surface area contributed by atoms with Crippen LogP contribution in [0.5, 0.6) is 5.75 Å². The number of aryl methyl sites for hydroxylation is 1. The predicted molar refractivity (Wildman–Crippen MR) is 93.6 cm³/mol. The molecule has 0 fully saturated rings. The maximum atomic E-state index is 12.1. The van der Waals surface area contributed by atoms with Gasteiger partial charge in [0.25, 0.3) is 5.91 Å². The van der Waals surface area contributed by atoms with Gasteiger partial charge in [-0.3, -0.25) is 4.79 Å². The minimum absolute atomic E-state index is 0.252. The highest BCUT2D eigenvalue weighted by molar-refractivity contribution is 6.31. The number of hydrogen-bond acceptors (Lipinski definition) is 4. The number of benzene rings is 2. The summed E-state index contributed by atoms with van der Waals surface area (Å²) in [5.41, 5.74) is 1.44. The first-order valence-corrected chi connectivity index (χ1v) is 8.24. The smallest absolute Gasteiger partial charge is 0.258 e. The van der Waals surface area contributed by atoms with Crippen LogP contribution in [0.1, 0.15) is 23.6 Å². The van der Waals surface area contributed by atoms with Crippen molar-refractivity contribution in [2.75, 3.05) is 6.61 Å². The van der Waals surface area contributed by atoms with Crippen molar-refractivity contribution in [3.05, 3.63) is 63.6 Å². The zero-order valence-electron chi connectivity index (χ0n) is 13.4. The van der Waals surface area contributed by atoms with Crippen molar-refractivity contribution in [1.29, 1.82) is 0 Å². The second-order valence-corrected chi connectivity index (χ2v) is 6.29. The van der Waals surface area contributed by atoms with Gasteiger partial charge >= 0.3 is 0 Å². The predicted octanol–water partition coefficient (Wildman–Crippen LogP) is 2.68. The molecular weight excluding hydrogens is 365 g/mol. The molecular formula is C18H16Cl2NO4-. The van der Waals surface area contributed by atoms with Gasteiger partial charge in [0, 0.05) is 22.4 Å². The first-order valence-electron chi connectivity index (χ1n) is 7.49. The molecule has 0 heterocycles. The summed E-state index contributed by atoms with van der Waals surface area (Å²) in [6, 6.07) is 10.9. The van der Waals surface area contributed by atoms with Crippen molar-refractivity contribution in [2.45, 2.75) is 19.4 Å². The summed E-state index contributed by atoms with van der Waals surface area (Å²) >= 11 is 11.8. The summed E-state index contributed by atoms with van der Waals surface area (Å²) in [5, 5.41) is 14.7. The van der Waals surface area contributed by atoms with Gasteiger partial charge < -0.3 is 20.0 Å². The lowest BCUT2D eigenvalue weighted by Crippen LogP contribution is -2.36. The highest BCUT2D eigenvalue weighted by Crippen LogP contribution is 2.21. The largest absolute Gasteiger partial charge is 0.550 e. The number of ether oxygens (including phenoxy) is 1. The molecule has 7 heteroatoms. The monoisotopic (exact) mass is 380 g/mol. The molecule has 0 aromatic heterocycles. The van der Waals surface area contributed by atoms with E-state index in [0.717, 1.165) is 5.56 Å². The normalized spacial score (nSPS) is 11.6. The molecule has 0 spiro atoms. The van der Waals surface area contributed by atoms with Crippen LogP contribution in [0.4, 0.5) is 0 Å². The van der Waals surface area contributed by atoms with Crippen LogP contribution in [0.25, 0.3) is 0 Å². The van der Waals surface area contributed by atoms with E-state index >= 15 is 0 Å². The number of carbonyl (C=O) groups excluding carboxylic acids is 2. The number of hydrogen-bond donors (Lipinski definition) is 1. The second-order valence-electron chi connectivity index (χ2n) is 5.45. The highest BCUT2D eigenvalue weighted by atomic mass is 35.5. The average molecular weight is 381 g/mol. The van der Waals surface area contributed by atoms with Crippen molar-refractivity contribution >= 4 is 35.1 Å². The van der Waals surface area contributed by atoms with E-state index in [2.05, 4.69) is 5.32 Å². The van der Waals surface area contributed by atoms with Crippen molar-refractivity contribution < 1.29 is 19.4 Å². The van der Waals surface area contributed by atoms with Crippen LogP contribution in [0.15, 0.2) is 42.5 Å². The molecule has 25 heavy (non-hydrogen) atoms. The molecule has 5 nitrogen and oxygen atoms in total. The lowest BCUT2D eigenvalue weighted by molar-refractivity contribution is -0.306. The minimum atomic E-state index is -1.27. The summed E-state index contributed by atoms with van der Waals surface area (Å²) in [6.45, 7) is 1.57. The van der Waals surface area contributed by atoms with Crippen LogP contribution >= 0.6 is 23.2 Å². The third kappa shape index (κ3) is 5.96. The molecule has 1 atom stereocenters. The first kappa shape index (κ1) is 19.1. The molecule has 1 amide bonds. The Balaban J connectivity index is 1.99. The molecule has 0 saturated heterocycles. The van der Waals surface area contributed by atoms with E-state index in [1.807, 2.05) is 6.92 Å². The standard InChI is InChI=1S/C18H17Cl2NO4/c1-11-8-14(6-7-15(11)20)25-10-17(22)21-16(9-18(23)24)12-2-4-13(19)5-3-12/h2-8,16H,9-10H2,1H3,(H,21,22)(H,23,24)/p-1/t16-/m1/s1. The van der Waals surface area contributed by atoms with Gasteiger partial charge in [0.05, 0.1) is 6.04 Å². The van der Waals surface area contributed by atoms with Crippen LogP contribution in [-0.4, -0.2) is 18.5 Å². The van der Waals surface area contributed by atoms with Gasteiger partial charge in [0.1, 0.15) is 5.75 Å². The van der Waals surface area contributed by atoms with Crippen molar-refractivity contribution in [3.63, 3.8) is 0 Å². The number of rotatable bonds is 7. The number of aliphatic carboxylic acids is 1. The van der Waals surface area contributed by atoms with E-state index in [-0.39, 0.29) is 13.0 Å². The van der Waals surface area contributed by atoms with Crippen LogP contribution in [0.2, 0.25) is 10.0 Å². The Morgan fingerprint density at radius 3 is 2.44 bits per heavy atom. The van der Waals surface area contributed by atoms with Crippen molar-refractivity contribution in [2.24, 2.45) is 0 Å². The van der Waals surface area contributed by atoms with E-state index in [0.29, 0.717) is 21.4 Å². The number of carboxylic acids is 1. The van der Waals surface area contributed by atoms with Gasteiger partial charge in [-0.25, -0.2) is 0 Å². The van der Waals surface area contributed by atoms with E-state index in [4.69, 9.17) is 27.9 Å². The molecule has 0 aliphatic heterocycles. The van der Waals surface area contributed by atoms with E-state index in [9.17, 15) is 14.7 Å². The molecule has 0 aliphatic rings. The van der Waals surface area contributed by atoms with Crippen molar-refractivity contribution in [1.82, 2.24) is 5.32 Å². The third-order valence-electron chi connectivity index (χ3n) is 3.48. The molecule has 132 valence electrons. The Labute approximate surface area is 155 Å². The molecule has 1 N–H and O–H groups in total. The molecule has 0 unspecified atom stereocenters. The zero-order valence-corrected chi connectivity index (χ0v) is 14.9. The number of carbonyl (C=O) groups is 2. The quantitative estimate of drug-likeness (QED) is 0.800. The molecule has 0 saturated carbocycles. The maximum absolute atomic E-state index is 12.1. The molecule has 0 radical (unpaired) electrons. The SMILES string of the molecule is Cc1cc(OCC(=O)N[C@H](CC(=O)[O-])c2ccc(Cl)cc2)ccc1Cl. The Kier molecular flexibility index (Phi) is 6.67.